The molecule has 2 aliphatic rings. The number of hydrogen-bond donors (Lipinski definition) is 4. The molecule has 1 saturated heterocycles. The van der Waals surface area contributed by atoms with Gasteiger partial charge >= 0.3 is 0 Å². The molecule has 0 saturated carbocycles. The highest BCUT2D eigenvalue weighted by Gasteiger charge is 2.35. The average molecular weight is 300 g/mol. The highest BCUT2D eigenvalue weighted by molar-refractivity contribution is 7.97. The number of benzene rings is 1. The second kappa shape index (κ2) is 4.64. The molecule has 0 radical (unpaired) electrons. The van der Waals surface area contributed by atoms with Crippen LogP contribution in [0.4, 0.5) is 5.69 Å². The fraction of sp³-hybridized carbons (Fsp3) is 0.455. The van der Waals surface area contributed by atoms with Gasteiger partial charge in [-0.1, -0.05) is 0 Å². The van der Waals surface area contributed by atoms with Crippen molar-refractivity contribution in [2.45, 2.75) is 28.3 Å². The number of hydrogen-bond acceptors (Lipinski definition) is 6. The number of fused-ring (bicyclic) bond motifs is 1. The standard InChI is InChI=1S/C11H16N4O2S2/c12-19(16,17)8-1-2-9-10(7-8)18-15-11(14-9)3-5-13-6-4-11/h1-2,7,13-15H,3-6H2,(H2,12,16,17). The van der Waals surface area contributed by atoms with E-state index in [0.717, 1.165) is 36.5 Å². The summed E-state index contributed by atoms with van der Waals surface area (Å²) in [4.78, 5) is 0.999. The van der Waals surface area contributed by atoms with Crippen LogP contribution in [-0.4, -0.2) is 27.2 Å². The Labute approximate surface area is 116 Å². The van der Waals surface area contributed by atoms with E-state index >= 15 is 0 Å². The van der Waals surface area contributed by atoms with E-state index in [1.165, 1.54) is 11.9 Å². The normalized spacial score (nSPS) is 21.7. The largest absolute Gasteiger partial charge is 0.366 e. The molecule has 104 valence electrons. The van der Waals surface area contributed by atoms with Crippen molar-refractivity contribution >= 4 is 27.7 Å². The molecule has 1 spiro atoms. The van der Waals surface area contributed by atoms with Gasteiger partial charge in [0.05, 0.1) is 16.2 Å². The van der Waals surface area contributed by atoms with E-state index < -0.39 is 10.0 Å². The Morgan fingerprint density at radius 2 is 2.00 bits per heavy atom. The minimum Gasteiger partial charge on any atom is -0.366 e. The molecule has 3 rings (SSSR count). The molecule has 8 heteroatoms. The van der Waals surface area contributed by atoms with Gasteiger partial charge in [-0.2, -0.15) is 0 Å². The Morgan fingerprint density at radius 1 is 1.26 bits per heavy atom. The summed E-state index contributed by atoms with van der Waals surface area (Å²) < 4.78 is 26.1. The molecule has 0 unspecified atom stereocenters. The third-order valence-electron chi connectivity index (χ3n) is 3.47. The molecule has 1 aromatic rings. The van der Waals surface area contributed by atoms with Crippen molar-refractivity contribution in [1.29, 1.82) is 0 Å². The molecule has 1 aromatic carbocycles. The summed E-state index contributed by atoms with van der Waals surface area (Å²) >= 11 is 1.46. The minimum atomic E-state index is -3.65. The quantitative estimate of drug-likeness (QED) is 0.562. The lowest BCUT2D eigenvalue weighted by molar-refractivity contribution is 0.324. The molecule has 0 atom stereocenters. The molecule has 6 nitrogen and oxygen atoms in total. The first-order valence-corrected chi connectivity index (χ1v) is 8.45. The lowest BCUT2D eigenvalue weighted by Gasteiger charge is -2.43. The van der Waals surface area contributed by atoms with Crippen LogP contribution in [0.5, 0.6) is 0 Å². The Balaban J connectivity index is 1.90. The fourth-order valence-corrected chi connectivity index (χ4v) is 3.97. The molecule has 19 heavy (non-hydrogen) atoms. The van der Waals surface area contributed by atoms with Gasteiger partial charge in [-0.3, -0.25) is 0 Å². The number of nitrogens with one attached hydrogen (secondary N) is 3. The van der Waals surface area contributed by atoms with Gasteiger partial charge in [-0.15, -0.1) is 0 Å². The van der Waals surface area contributed by atoms with Crippen molar-refractivity contribution in [2.75, 3.05) is 18.4 Å². The van der Waals surface area contributed by atoms with Crippen molar-refractivity contribution < 1.29 is 8.42 Å². The first-order valence-electron chi connectivity index (χ1n) is 6.08. The zero-order chi connectivity index (χ0) is 13.5. The first kappa shape index (κ1) is 13.2. The molecule has 5 N–H and O–H groups in total. The van der Waals surface area contributed by atoms with Crippen molar-refractivity contribution in [1.82, 2.24) is 10.0 Å². The first-order chi connectivity index (χ1) is 8.99. The van der Waals surface area contributed by atoms with Gasteiger partial charge in [-0.25, -0.2) is 18.3 Å². The van der Waals surface area contributed by atoms with Crippen LogP contribution in [0.15, 0.2) is 28.0 Å². The maximum Gasteiger partial charge on any atom is 0.238 e. The SMILES string of the molecule is NS(=O)(=O)c1ccc2c(c1)SNC1(CCNCC1)N2. The van der Waals surface area contributed by atoms with Gasteiger partial charge in [0.1, 0.15) is 0 Å². The predicted molar refractivity (Wildman–Crippen MR) is 75.3 cm³/mol. The zero-order valence-electron chi connectivity index (χ0n) is 10.3. The number of anilines is 1. The smallest absolute Gasteiger partial charge is 0.238 e. The second-order valence-corrected chi connectivity index (χ2v) is 7.27. The van der Waals surface area contributed by atoms with Crippen LogP contribution in [0.25, 0.3) is 0 Å². The van der Waals surface area contributed by atoms with E-state index in [1.54, 1.807) is 18.2 Å². The van der Waals surface area contributed by atoms with Gasteiger partial charge < -0.3 is 10.6 Å². The topological polar surface area (TPSA) is 96.2 Å². The Hall–Kier alpha value is -0.800. The average Bonchev–Trinajstić information content (AvgIpc) is 2.38. The van der Waals surface area contributed by atoms with E-state index in [-0.39, 0.29) is 10.6 Å². The van der Waals surface area contributed by atoms with Crippen LogP contribution in [0, 0.1) is 0 Å². The highest BCUT2D eigenvalue weighted by atomic mass is 32.2. The molecule has 0 bridgehead atoms. The van der Waals surface area contributed by atoms with E-state index in [2.05, 4.69) is 15.4 Å². The Kier molecular flexibility index (Phi) is 3.22. The predicted octanol–water partition coefficient (Wildman–Crippen LogP) is 0.436. The molecular formula is C11H16N4O2S2. The number of piperidine rings is 1. The molecule has 2 heterocycles. The molecule has 0 amide bonds. The summed E-state index contributed by atoms with van der Waals surface area (Å²) in [5.74, 6) is 0. The van der Waals surface area contributed by atoms with E-state index in [9.17, 15) is 8.42 Å². The van der Waals surface area contributed by atoms with Gasteiger partial charge in [0.2, 0.25) is 10.0 Å². The van der Waals surface area contributed by atoms with E-state index in [4.69, 9.17) is 5.14 Å². The van der Waals surface area contributed by atoms with Gasteiger partial charge in [0, 0.05) is 4.90 Å². The summed E-state index contributed by atoms with van der Waals surface area (Å²) in [7, 11) is -3.65. The van der Waals surface area contributed by atoms with Crippen LogP contribution < -0.4 is 20.5 Å². The van der Waals surface area contributed by atoms with Crippen molar-refractivity contribution in [3.63, 3.8) is 0 Å². The summed E-state index contributed by atoms with van der Waals surface area (Å²) in [5.41, 5.74) is 0.851. The zero-order valence-corrected chi connectivity index (χ0v) is 11.9. The summed E-state index contributed by atoms with van der Waals surface area (Å²) in [6.07, 6.45) is 1.97. The van der Waals surface area contributed by atoms with Crippen LogP contribution in [0.1, 0.15) is 12.8 Å². The Morgan fingerprint density at radius 3 is 2.68 bits per heavy atom. The molecular weight excluding hydrogens is 284 g/mol. The minimum absolute atomic E-state index is 0.105. The van der Waals surface area contributed by atoms with Crippen molar-refractivity contribution in [3.8, 4) is 0 Å². The van der Waals surface area contributed by atoms with Crippen LogP contribution in [-0.2, 0) is 10.0 Å². The van der Waals surface area contributed by atoms with Crippen LogP contribution in [0.3, 0.4) is 0 Å². The van der Waals surface area contributed by atoms with Gasteiger partial charge in [-0.05, 0) is 56.1 Å². The lowest BCUT2D eigenvalue weighted by atomic mass is 9.98. The maximum atomic E-state index is 11.3. The third kappa shape index (κ3) is 2.59. The summed E-state index contributed by atoms with van der Waals surface area (Å²) in [6, 6.07) is 4.93. The molecule has 2 aliphatic heterocycles. The van der Waals surface area contributed by atoms with Crippen molar-refractivity contribution in [2.24, 2.45) is 5.14 Å². The Bertz CT molecular complexity index is 597. The second-order valence-electron chi connectivity index (χ2n) is 4.86. The van der Waals surface area contributed by atoms with Crippen LogP contribution >= 0.6 is 11.9 Å². The number of sulfonamides is 1. The molecule has 0 aromatic heterocycles. The third-order valence-corrected chi connectivity index (χ3v) is 5.43. The lowest BCUT2D eigenvalue weighted by Crippen LogP contribution is -2.56. The monoisotopic (exact) mass is 300 g/mol. The summed E-state index contributed by atoms with van der Waals surface area (Å²) in [5, 5.41) is 11.9. The fourth-order valence-electron chi connectivity index (χ4n) is 2.38. The number of nitrogens with two attached hydrogens (primary N) is 1. The van der Waals surface area contributed by atoms with Gasteiger partial charge in [0.15, 0.2) is 0 Å². The van der Waals surface area contributed by atoms with Crippen molar-refractivity contribution in [3.05, 3.63) is 18.2 Å². The molecule has 0 aliphatic carbocycles. The van der Waals surface area contributed by atoms with E-state index in [0.29, 0.717) is 0 Å². The van der Waals surface area contributed by atoms with Crippen LogP contribution in [0.2, 0.25) is 0 Å². The summed E-state index contributed by atoms with van der Waals surface area (Å²) in [6.45, 7) is 1.93. The van der Waals surface area contributed by atoms with Gasteiger partial charge in [0.25, 0.3) is 0 Å². The molecule has 1 fully saturated rings. The number of primary sulfonamides is 1. The van der Waals surface area contributed by atoms with E-state index in [1.807, 2.05) is 0 Å². The maximum absolute atomic E-state index is 11.3. The number of rotatable bonds is 1. The highest BCUT2D eigenvalue weighted by Crippen LogP contribution is 2.37.